The Labute approximate surface area is 204 Å². The van der Waals surface area contributed by atoms with E-state index in [9.17, 15) is 22.8 Å². The van der Waals surface area contributed by atoms with Gasteiger partial charge in [0.2, 0.25) is 0 Å². The molecule has 0 atom stereocenters. The number of nitrogens with two attached hydrogens (primary N) is 1. The normalized spacial score (nSPS) is 11.2. The lowest BCUT2D eigenvalue weighted by molar-refractivity contribution is -0.137. The van der Waals surface area contributed by atoms with Crippen LogP contribution in [0.1, 0.15) is 23.0 Å². The summed E-state index contributed by atoms with van der Waals surface area (Å²) in [4.78, 5) is 28.0. The number of rotatable bonds is 6. The maximum Gasteiger partial charge on any atom is 0.416 e. The van der Waals surface area contributed by atoms with E-state index in [-0.39, 0.29) is 11.4 Å². The largest absolute Gasteiger partial charge is 0.416 e. The smallest absolute Gasteiger partial charge is 0.364 e. The van der Waals surface area contributed by atoms with Gasteiger partial charge in [0.05, 0.1) is 5.56 Å². The van der Waals surface area contributed by atoms with E-state index in [4.69, 9.17) is 5.73 Å². The fourth-order valence-electron chi connectivity index (χ4n) is 3.52. The summed E-state index contributed by atoms with van der Waals surface area (Å²) in [6, 6.07) is 13.8. The van der Waals surface area contributed by atoms with Crippen LogP contribution in [0.15, 0.2) is 73.1 Å². The number of benzene rings is 2. The minimum Gasteiger partial charge on any atom is -0.364 e. The van der Waals surface area contributed by atoms with E-state index in [1.165, 1.54) is 18.3 Å². The highest BCUT2D eigenvalue weighted by Crippen LogP contribution is 2.33. The topological polar surface area (TPSA) is 115 Å². The number of hydrogen-bond donors (Lipinski definition) is 3. The first-order chi connectivity index (χ1) is 17.1. The highest BCUT2D eigenvalue weighted by Gasteiger charge is 2.30. The van der Waals surface area contributed by atoms with Crippen LogP contribution in [0.5, 0.6) is 0 Å². The van der Waals surface area contributed by atoms with Crippen LogP contribution < -0.4 is 16.4 Å². The fourth-order valence-corrected chi connectivity index (χ4v) is 3.52. The number of nitrogens with one attached hydrogen (secondary N) is 2. The number of halogens is 3. The van der Waals surface area contributed by atoms with Crippen molar-refractivity contribution in [3.8, 4) is 22.4 Å². The van der Waals surface area contributed by atoms with Gasteiger partial charge in [0, 0.05) is 41.4 Å². The Bertz CT molecular complexity index is 1410. The number of carbonyl (C=O) groups excluding carboxylic acids is 2. The molecule has 4 N–H and O–H groups in total. The lowest BCUT2D eigenvalue weighted by Gasteiger charge is -2.11. The number of anilines is 2. The molecular weight excluding hydrogens is 473 g/mol. The highest BCUT2D eigenvalue weighted by atomic mass is 19.4. The zero-order valence-electron chi connectivity index (χ0n) is 19.0. The van der Waals surface area contributed by atoms with Crippen molar-refractivity contribution in [2.24, 2.45) is 5.73 Å². The van der Waals surface area contributed by atoms with Crippen LogP contribution in [0, 0.1) is 0 Å². The molecule has 2 heterocycles. The molecule has 0 aliphatic carbocycles. The summed E-state index contributed by atoms with van der Waals surface area (Å²) in [5.74, 6) is -0.654. The Morgan fingerprint density at radius 2 is 1.69 bits per heavy atom. The monoisotopic (exact) mass is 494 g/mol. The second kappa shape index (κ2) is 9.90. The molecule has 11 heteroatoms. The molecule has 0 spiro atoms. The van der Waals surface area contributed by atoms with E-state index in [1.54, 1.807) is 35.0 Å². The molecule has 184 valence electrons. The number of pyridine rings is 1. The Morgan fingerprint density at radius 1 is 0.972 bits per heavy atom. The SMILES string of the molecule is CCn1cc(-c2cccc(NC(=O)Nc3ccc(C(F)(F)F)cc3)c2)c(-c2ccnc(C(N)=O)c2)n1. The van der Waals surface area contributed by atoms with Gasteiger partial charge >= 0.3 is 12.2 Å². The van der Waals surface area contributed by atoms with E-state index in [0.29, 0.717) is 23.5 Å². The summed E-state index contributed by atoms with van der Waals surface area (Å²) >= 11 is 0. The summed E-state index contributed by atoms with van der Waals surface area (Å²) < 4.78 is 39.9. The van der Waals surface area contributed by atoms with Crippen LogP contribution in [-0.2, 0) is 12.7 Å². The van der Waals surface area contributed by atoms with Crippen LogP contribution in [-0.4, -0.2) is 26.7 Å². The molecule has 0 aliphatic heterocycles. The van der Waals surface area contributed by atoms with Gasteiger partial charge in [0.1, 0.15) is 11.4 Å². The van der Waals surface area contributed by atoms with E-state index in [0.717, 1.165) is 23.3 Å². The first-order valence-electron chi connectivity index (χ1n) is 10.8. The fraction of sp³-hybridized carbons (Fsp3) is 0.120. The number of primary amides is 1. The predicted octanol–water partition coefficient (Wildman–Crippen LogP) is 5.39. The van der Waals surface area contributed by atoms with Crippen molar-refractivity contribution in [1.82, 2.24) is 14.8 Å². The van der Waals surface area contributed by atoms with Gasteiger partial charge in [-0.3, -0.25) is 14.5 Å². The zero-order valence-corrected chi connectivity index (χ0v) is 19.0. The molecule has 2 aromatic heterocycles. The van der Waals surface area contributed by atoms with Crippen LogP contribution in [0.4, 0.5) is 29.3 Å². The molecule has 0 saturated carbocycles. The molecule has 3 amide bonds. The van der Waals surface area contributed by atoms with Crippen molar-refractivity contribution in [2.45, 2.75) is 19.6 Å². The Kier molecular flexibility index (Phi) is 6.73. The molecule has 2 aromatic carbocycles. The lowest BCUT2D eigenvalue weighted by Crippen LogP contribution is -2.19. The third kappa shape index (κ3) is 5.52. The van der Waals surface area contributed by atoms with Gasteiger partial charge in [-0.05, 0) is 61.0 Å². The van der Waals surface area contributed by atoms with Gasteiger partial charge in [-0.1, -0.05) is 12.1 Å². The van der Waals surface area contributed by atoms with Gasteiger partial charge < -0.3 is 16.4 Å². The molecule has 0 fully saturated rings. The van der Waals surface area contributed by atoms with Crippen LogP contribution in [0.2, 0.25) is 0 Å². The Morgan fingerprint density at radius 3 is 2.36 bits per heavy atom. The second-order valence-electron chi connectivity index (χ2n) is 7.78. The number of aryl methyl sites for hydroxylation is 1. The van der Waals surface area contributed by atoms with Crippen LogP contribution in [0.25, 0.3) is 22.4 Å². The van der Waals surface area contributed by atoms with Crippen molar-refractivity contribution in [3.05, 3.63) is 84.3 Å². The minimum absolute atomic E-state index is 0.111. The summed E-state index contributed by atoms with van der Waals surface area (Å²) in [5.41, 5.74) is 8.10. The molecule has 0 bridgehead atoms. The quantitative estimate of drug-likeness (QED) is 0.333. The average molecular weight is 494 g/mol. The number of amides is 3. The number of nitrogens with zero attached hydrogens (tertiary/aromatic N) is 3. The minimum atomic E-state index is -4.46. The molecule has 0 saturated heterocycles. The first kappa shape index (κ1) is 24.5. The van der Waals surface area contributed by atoms with E-state index < -0.39 is 23.7 Å². The molecule has 4 aromatic rings. The molecule has 36 heavy (non-hydrogen) atoms. The standard InChI is InChI=1S/C25H21F3N6O2/c1-2-34-14-20(22(33-34)16-10-11-30-21(13-16)23(29)35)15-4-3-5-19(12-15)32-24(36)31-18-8-6-17(7-9-18)25(26,27)28/h3-14H,2H2,1H3,(H2,29,35)(H2,31,32,36). The van der Waals surface area contributed by atoms with Crippen LogP contribution in [0.3, 0.4) is 0 Å². The van der Waals surface area contributed by atoms with Crippen LogP contribution >= 0.6 is 0 Å². The molecule has 4 rings (SSSR count). The van der Waals surface area contributed by atoms with Crippen molar-refractivity contribution < 1.29 is 22.8 Å². The molecular formula is C25H21F3N6O2. The lowest BCUT2D eigenvalue weighted by atomic mass is 10.0. The molecule has 0 unspecified atom stereocenters. The summed E-state index contributed by atoms with van der Waals surface area (Å²) in [7, 11) is 0. The van der Waals surface area contributed by atoms with Gasteiger partial charge in [-0.2, -0.15) is 18.3 Å². The summed E-state index contributed by atoms with van der Waals surface area (Å²) in [6.07, 6.45) is -1.13. The predicted molar refractivity (Wildman–Crippen MR) is 129 cm³/mol. The van der Waals surface area contributed by atoms with Gasteiger partial charge in [-0.15, -0.1) is 0 Å². The average Bonchev–Trinajstić information content (AvgIpc) is 3.29. The molecule has 8 nitrogen and oxygen atoms in total. The van der Waals surface area contributed by atoms with Crippen molar-refractivity contribution in [3.63, 3.8) is 0 Å². The Hall–Kier alpha value is -4.67. The zero-order chi connectivity index (χ0) is 25.9. The number of alkyl halides is 3. The van der Waals surface area contributed by atoms with Gasteiger partial charge in [-0.25, -0.2) is 4.79 Å². The summed E-state index contributed by atoms with van der Waals surface area (Å²) in [6.45, 7) is 2.54. The maximum atomic E-state index is 12.7. The number of hydrogen-bond acceptors (Lipinski definition) is 4. The molecule has 0 aliphatic rings. The van der Waals surface area contributed by atoms with E-state index >= 15 is 0 Å². The highest BCUT2D eigenvalue weighted by molar-refractivity contribution is 6.00. The molecule has 0 radical (unpaired) electrons. The summed E-state index contributed by atoms with van der Waals surface area (Å²) in [5, 5.41) is 9.79. The van der Waals surface area contributed by atoms with Gasteiger partial charge in [0.25, 0.3) is 5.91 Å². The number of carbonyl (C=O) groups is 2. The second-order valence-corrected chi connectivity index (χ2v) is 7.78. The third-order valence-corrected chi connectivity index (χ3v) is 5.27. The first-order valence-corrected chi connectivity index (χ1v) is 10.8. The van der Waals surface area contributed by atoms with Crippen molar-refractivity contribution >= 4 is 23.3 Å². The Balaban J connectivity index is 1.57. The van der Waals surface area contributed by atoms with E-state index in [2.05, 4.69) is 20.7 Å². The van der Waals surface area contributed by atoms with Crippen molar-refractivity contribution in [2.75, 3.05) is 10.6 Å². The van der Waals surface area contributed by atoms with Crippen molar-refractivity contribution in [1.29, 1.82) is 0 Å². The third-order valence-electron chi connectivity index (χ3n) is 5.27. The number of urea groups is 1. The maximum absolute atomic E-state index is 12.7. The van der Waals surface area contributed by atoms with Gasteiger partial charge in [0.15, 0.2) is 0 Å². The number of aromatic nitrogens is 3. The van der Waals surface area contributed by atoms with E-state index in [1.807, 2.05) is 19.2 Å².